The van der Waals surface area contributed by atoms with Gasteiger partial charge in [-0.2, -0.15) is 0 Å². The second-order valence-corrected chi connectivity index (χ2v) is 5.45. The van der Waals surface area contributed by atoms with E-state index in [1.807, 2.05) is 4.90 Å². The molecule has 0 spiro atoms. The minimum Gasteiger partial charge on any atom is -0.376 e. The number of hydrogen-bond donors (Lipinski definition) is 1. The molecule has 2 heterocycles. The van der Waals surface area contributed by atoms with Gasteiger partial charge in [-0.25, -0.2) is 0 Å². The van der Waals surface area contributed by atoms with Crippen molar-refractivity contribution in [2.45, 2.75) is 45.3 Å². The Morgan fingerprint density at radius 2 is 1.95 bits per heavy atom. The van der Waals surface area contributed by atoms with Crippen LogP contribution in [-0.2, 0) is 4.79 Å². The zero-order chi connectivity index (χ0) is 13.7. The van der Waals surface area contributed by atoms with E-state index >= 15 is 0 Å². The second-order valence-electron chi connectivity index (χ2n) is 5.45. The van der Waals surface area contributed by atoms with Crippen LogP contribution in [0.4, 0.5) is 0 Å². The lowest BCUT2D eigenvalue weighted by molar-refractivity contribution is -0.136. The average molecular weight is 264 g/mol. The van der Waals surface area contributed by atoms with E-state index in [1.54, 1.807) is 6.92 Å². The van der Waals surface area contributed by atoms with E-state index in [4.69, 9.17) is 0 Å². The highest BCUT2D eigenvalue weighted by Crippen LogP contribution is 2.19. The molecule has 0 aromatic heterocycles. The summed E-state index contributed by atoms with van der Waals surface area (Å²) in [4.78, 5) is 16.3. The van der Waals surface area contributed by atoms with Crippen molar-refractivity contribution in [3.8, 4) is 11.8 Å². The fraction of sp³-hybridized carbons (Fsp3) is 0.800. The summed E-state index contributed by atoms with van der Waals surface area (Å²) in [5.74, 6) is 5.80. The maximum Gasteiger partial charge on any atom is 0.237 e. The molecule has 0 aliphatic carbocycles. The topological polar surface area (TPSA) is 43.8 Å². The van der Waals surface area contributed by atoms with Gasteiger partial charge < -0.3 is 10.0 Å². The molecule has 0 aromatic rings. The molecule has 19 heavy (non-hydrogen) atoms. The lowest BCUT2D eigenvalue weighted by Gasteiger charge is -2.29. The predicted molar refractivity (Wildman–Crippen MR) is 74.2 cm³/mol. The van der Waals surface area contributed by atoms with Crippen molar-refractivity contribution in [1.82, 2.24) is 9.80 Å². The van der Waals surface area contributed by atoms with Gasteiger partial charge in [-0.15, -0.1) is 5.92 Å². The number of rotatable bonds is 3. The molecule has 0 radical (unpaired) electrons. The number of amides is 1. The highest BCUT2D eigenvalue weighted by atomic mass is 16.3. The highest BCUT2D eigenvalue weighted by Gasteiger charge is 2.29. The Hall–Kier alpha value is -1.05. The minimum absolute atomic E-state index is 0.102. The van der Waals surface area contributed by atoms with Gasteiger partial charge in [0.2, 0.25) is 5.91 Å². The lowest BCUT2D eigenvalue weighted by atomic mass is 10.0. The lowest BCUT2D eigenvalue weighted by Crippen LogP contribution is -2.46. The Morgan fingerprint density at radius 1 is 1.26 bits per heavy atom. The second kappa shape index (κ2) is 6.93. The summed E-state index contributed by atoms with van der Waals surface area (Å²) in [5, 5.41) is 10.2. The summed E-state index contributed by atoms with van der Waals surface area (Å²) in [5.41, 5.74) is 0. The Bertz CT molecular complexity index is 366. The van der Waals surface area contributed by atoms with E-state index in [0.717, 1.165) is 51.7 Å². The number of carbonyl (C=O) groups is 1. The van der Waals surface area contributed by atoms with Crippen LogP contribution >= 0.6 is 0 Å². The van der Waals surface area contributed by atoms with Crippen LogP contribution in [-0.4, -0.2) is 53.2 Å². The predicted octanol–water partition coefficient (Wildman–Crippen LogP) is 1.05. The molecule has 2 atom stereocenters. The van der Waals surface area contributed by atoms with E-state index in [0.29, 0.717) is 6.54 Å². The summed E-state index contributed by atoms with van der Waals surface area (Å²) in [6.45, 7) is 4.86. The first kappa shape index (κ1) is 14.4. The smallest absolute Gasteiger partial charge is 0.237 e. The van der Waals surface area contributed by atoms with E-state index in [1.165, 1.54) is 0 Å². The molecule has 2 fully saturated rings. The van der Waals surface area contributed by atoms with Crippen LogP contribution in [0.25, 0.3) is 0 Å². The van der Waals surface area contributed by atoms with Crippen LogP contribution in [0.5, 0.6) is 0 Å². The third-order valence-electron chi connectivity index (χ3n) is 4.05. The quantitative estimate of drug-likeness (QED) is 0.775. The molecule has 0 aromatic carbocycles. The zero-order valence-electron chi connectivity index (χ0n) is 11.8. The molecule has 1 N–H and O–H groups in total. The van der Waals surface area contributed by atoms with Crippen molar-refractivity contribution >= 4 is 5.91 Å². The van der Waals surface area contributed by atoms with Crippen molar-refractivity contribution in [2.75, 3.05) is 26.2 Å². The third-order valence-corrected chi connectivity index (χ3v) is 4.05. The van der Waals surface area contributed by atoms with Crippen LogP contribution in [0.3, 0.4) is 0 Å². The number of aliphatic hydroxyl groups excluding tert-OH is 1. The maximum atomic E-state index is 12.4. The summed E-state index contributed by atoms with van der Waals surface area (Å²) in [6.07, 6.45) is 4.70. The van der Waals surface area contributed by atoms with Gasteiger partial charge in [-0.3, -0.25) is 9.69 Å². The number of hydrogen-bond acceptors (Lipinski definition) is 3. The first-order valence-electron chi connectivity index (χ1n) is 7.35. The molecule has 1 amide bonds. The molecule has 2 unspecified atom stereocenters. The number of aliphatic hydroxyl groups is 1. The first-order valence-corrected chi connectivity index (χ1v) is 7.35. The number of carbonyl (C=O) groups excluding carboxylic acids is 1. The SMILES string of the molecule is CC#CC1CCCCN(CC(O)N2CCCC2)C1=O. The van der Waals surface area contributed by atoms with Gasteiger partial charge in [-0.1, -0.05) is 5.92 Å². The monoisotopic (exact) mass is 264 g/mol. The number of likely N-dealkylation sites (tertiary alicyclic amines) is 2. The molecule has 2 aliphatic rings. The van der Waals surface area contributed by atoms with E-state index in [2.05, 4.69) is 16.7 Å². The summed E-state index contributed by atoms with van der Waals surface area (Å²) < 4.78 is 0. The van der Waals surface area contributed by atoms with Crippen molar-refractivity contribution in [3.63, 3.8) is 0 Å². The Labute approximate surface area is 115 Å². The van der Waals surface area contributed by atoms with Crippen molar-refractivity contribution in [3.05, 3.63) is 0 Å². The molecule has 2 aliphatic heterocycles. The van der Waals surface area contributed by atoms with Crippen LogP contribution < -0.4 is 0 Å². The van der Waals surface area contributed by atoms with E-state index in [9.17, 15) is 9.90 Å². The molecule has 4 nitrogen and oxygen atoms in total. The van der Waals surface area contributed by atoms with Crippen LogP contribution in [0.2, 0.25) is 0 Å². The van der Waals surface area contributed by atoms with Crippen molar-refractivity contribution < 1.29 is 9.90 Å². The molecule has 106 valence electrons. The molecule has 4 heteroatoms. The highest BCUT2D eigenvalue weighted by molar-refractivity contribution is 5.81. The fourth-order valence-corrected chi connectivity index (χ4v) is 2.95. The Balaban J connectivity index is 1.96. The first-order chi connectivity index (χ1) is 9.22. The van der Waals surface area contributed by atoms with E-state index < -0.39 is 6.23 Å². The van der Waals surface area contributed by atoms with Gasteiger partial charge in [0.25, 0.3) is 0 Å². The van der Waals surface area contributed by atoms with Gasteiger partial charge in [0.1, 0.15) is 6.23 Å². The van der Waals surface area contributed by atoms with Crippen molar-refractivity contribution in [1.29, 1.82) is 0 Å². The van der Waals surface area contributed by atoms with Crippen LogP contribution in [0, 0.1) is 17.8 Å². The van der Waals surface area contributed by atoms with E-state index in [-0.39, 0.29) is 11.8 Å². The molecule has 2 rings (SSSR count). The normalized spacial score (nSPS) is 26.7. The van der Waals surface area contributed by atoms with Gasteiger partial charge >= 0.3 is 0 Å². The summed E-state index contributed by atoms with van der Waals surface area (Å²) in [6, 6.07) is 0. The van der Waals surface area contributed by atoms with Gasteiger partial charge in [-0.05, 0) is 39.0 Å². The fourth-order valence-electron chi connectivity index (χ4n) is 2.95. The van der Waals surface area contributed by atoms with Crippen LogP contribution in [0.1, 0.15) is 39.0 Å². The number of β-amino-alcohol motifs (C(OH)–C–C–N with tert-alkyl or cyclic N) is 1. The van der Waals surface area contributed by atoms with Gasteiger partial charge in [0.05, 0.1) is 12.5 Å². The average Bonchev–Trinajstić information content (AvgIpc) is 2.88. The maximum absolute atomic E-state index is 12.4. The molecular formula is C15H24N2O2. The van der Waals surface area contributed by atoms with Gasteiger partial charge in [0.15, 0.2) is 0 Å². The van der Waals surface area contributed by atoms with Crippen molar-refractivity contribution in [2.24, 2.45) is 5.92 Å². The van der Waals surface area contributed by atoms with Crippen LogP contribution in [0.15, 0.2) is 0 Å². The molecule has 2 saturated heterocycles. The number of nitrogens with zero attached hydrogens (tertiary/aromatic N) is 2. The summed E-state index contributed by atoms with van der Waals surface area (Å²) >= 11 is 0. The molecule has 0 bridgehead atoms. The Kier molecular flexibility index (Phi) is 5.24. The largest absolute Gasteiger partial charge is 0.376 e. The zero-order valence-corrected chi connectivity index (χ0v) is 11.8. The summed E-state index contributed by atoms with van der Waals surface area (Å²) in [7, 11) is 0. The third kappa shape index (κ3) is 3.71. The van der Waals surface area contributed by atoms with Gasteiger partial charge in [0, 0.05) is 19.6 Å². The molecular weight excluding hydrogens is 240 g/mol. The minimum atomic E-state index is -0.514. The Morgan fingerprint density at radius 3 is 2.63 bits per heavy atom. The standard InChI is InChI=1S/C15H24N2O2/c1-2-7-13-8-3-4-11-17(15(13)19)12-14(18)16-9-5-6-10-16/h13-14,18H,3-6,8-12H2,1H3. The molecule has 0 saturated carbocycles.